The fourth-order valence-corrected chi connectivity index (χ4v) is 2.66. The zero-order valence-corrected chi connectivity index (χ0v) is 13.8. The first-order valence-electron chi connectivity index (χ1n) is 7.94. The minimum Gasteiger partial charge on any atom is -0.496 e. The monoisotopic (exact) mass is 335 g/mol. The number of hydrogen-bond donors (Lipinski definition) is 1. The summed E-state index contributed by atoms with van der Waals surface area (Å²) in [5, 5.41) is 2.86. The number of ether oxygens (including phenoxy) is 1. The van der Waals surface area contributed by atoms with Gasteiger partial charge in [0.05, 0.1) is 12.7 Å². The largest absolute Gasteiger partial charge is 0.496 e. The fourth-order valence-electron chi connectivity index (χ4n) is 2.66. The van der Waals surface area contributed by atoms with Gasteiger partial charge in [-0.25, -0.2) is 4.39 Å². The highest BCUT2D eigenvalue weighted by molar-refractivity contribution is 6.06. The molecule has 3 aromatic carbocycles. The Hall–Kier alpha value is -3.14. The van der Waals surface area contributed by atoms with Crippen molar-refractivity contribution in [2.24, 2.45) is 0 Å². The molecular formula is C21H18FNO2. The highest BCUT2D eigenvalue weighted by Gasteiger charge is 2.15. The van der Waals surface area contributed by atoms with E-state index in [-0.39, 0.29) is 5.56 Å². The maximum Gasteiger partial charge on any atom is 0.259 e. The van der Waals surface area contributed by atoms with Gasteiger partial charge in [-0.05, 0) is 41.8 Å². The van der Waals surface area contributed by atoms with Crippen LogP contribution in [0.5, 0.6) is 5.75 Å². The molecule has 0 aromatic heterocycles. The van der Waals surface area contributed by atoms with Crippen LogP contribution in [0.4, 0.5) is 10.1 Å². The molecule has 4 heteroatoms. The second kappa shape index (κ2) is 7.62. The number of benzene rings is 3. The van der Waals surface area contributed by atoms with Crippen LogP contribution in [0.15, 0.2) is 72.8 Å². The zero-order chi connectivity index (χ0) is 17.6. The number of methoxy groups -OCH3 is 1. The molecular weight excluding hydrogens is 317 g/mol. The summed E-state index contributed by atoms with van der Waals surface area (Å²) >= 11 is 0. The molecule has 0 radical (unpaired) electrons. The third kappa shape index (κ3) is 4.04. The number of carbonyl (C=O) groups excluding carboxylic acids is 1. The molecule has 0 saturated carbocycles. The molecule has 0 bridgehead atoms. The van der Waals surface area contributed by atoms with Crippen LogP contribution in [0.1, 0.15) is 21.5 Å². The van der Waals surface area contributed by atoms with Crippen molar-refractivity contribution in [3.8, 4) is 5.75 Å². The number of para-hydroxylation sites is 1. The van der Waals surface area contributed by atoms with Crippen molar-refractivity contribution in [1.82, 2.24) is 0 Å². The van der Waals surface area contributed by atoms with Gasteiger partial charge < -0.3 is 10.1 Å². The van der Waals surface area contributed by atoms with Crippen molar-refractivity contribution < 1.29 is 13.9 Å². The minimum atomic E-state index is -0.483. The topological polar surface area (TPSA) is 38.3 Å². The van der Waals surface area contributed by atoms with Crippen molar-refractivity contribution in [3.63, 3.8) is 0 Å². The number of hydrogen-bond acceptors (Lipinski definition) is 2. The summed E-state index contributed by atoms with van der Waals surface area (Å²) in [5.74, 6) is -0.556. The number of amides is 1. The number of carbonyl (C=O) groups is 1. The summed E-state index contributed by atoms with van der Waals surface area (Å²) < 4.78 is 18.7. The summed E-state index contributed by atoms with van der Waals surface area (Å²) in [6, 6.07) is 21.5. The zero-order valence-electron chi connectivity index (χ0n) is 13.8. The fraction of sp³-hybridized carbons (Fsp3) is 0.0952. The van der Waals surface area contributed by atoms with E-state index in [2.05, 4.69) is 5.32 Å². The maximum atomic E-state index is 13.5. The first-order valence-corrected chi connectivity index (χ1v) is 7.94. The van der Waals surface area contributed by atoms with Crippen LogP contribution in [0.3, 0.4) is 0 Å². The number of halogens is 1. The Labute approximate surface area is 146 Å². The minimum absolute atomic E-state index is 0.164. The van der Waals surface area contributed by atoms with Crippen molar-refractivity contribution in [1.29, 1.82) is 0 Å². The van der Waals surface area contributed by atoms with E-state index in [1.54, 1.807) is 0 Å². The van der Waals surface area contributed by atoms with E-state index in [1.807, 2.05) is 54.6 Å². The molecule has 0 aliphatic rings. The van der Waals surface area contributed by atoms with Gasteiger partial charge in [0, 0.05) is 5.69 Å². The van der Waals surface area contributed by atoms with Crippen LogP contribution in [0.2, 0.25) is 0 Å². The third-order valence-corrected chi connectivity index (χ3v) is 3.91. The average Bonchev–Trinajstić information content (AvgIpc) is 2.64. The second-order valence-electron chi connectivity index (χ2n) is 5.62. The van der Waals surface area contributed by atoms with Gasteiger partial charge in [-0.2, -0.15) is 0 Å². The molecule has 126 valence electrons. The lowest BCUT2D eigenvalue weighted by atomic mass is 10.0. The van der Waals surface area contributed by atoms with E-state index in [0.717, 1.165) is 11.1 Å². The summed E-state index contributed by atoms with van der Waals surface area (Å²) in [6.07, 6.45) is 0.692. The standard InChI is InChI=1S/C21H18FNO2/c1-25-20-12-11-17(22)14-18(20)21(24)23-19-10-6-5-9-16(19)13-15-7-3-2-4-8-15/h2-12,14H,13H2,1H3,(H,23,24). The summed E-state index contributed by atoms with van der Waals surface area (Å²) in [4.78, 5) is 12.6. The summed E-state index contributed by atoms with van der Waals surface area (Å²) in [6.45, 7) is 0. The second-order valence-corrected chi connectivity index (χ2v) is 5.62. The quantitative estimate of drug-likeness (QED) is 0.735. The third-order valence-electron chi connectivity index (χ3n) is 3.91. The number of nitrogens with one attached hydrogen (secondary N) is 1. The van der Waals surface area contributed by atoms with Gasteiger partial charge >= 0.3 is 0 Å². The smallest absolute Gasteiger partial charge is 0.259 e. The van der Waals surface area contributed by atoms with Crippen molar-refractivity contribution in [2.75, 3.05) is 12.4 Å². The van der Waals surface area contributed by atoms with Crippen LogP contribution < -0.4 is 10.1 Å². The van der Waals surface area contributed by atoms with Gasteiger partial charge in [-0.15, -0.1) is 0 Å². The molecule has 25 heavy (non-hydrogen) atoms. The van der Waals surface area contributed by atoms with E-state index < -0.39 is 11.7 Å². The van der Waals surface area contributed by atoms with Gasteiger partial charge in [0.2, 0.25) is 0 Å². The van der Waals surface area contributed by atoms with Crippen molar-refractivity contribution >= 4 is 11.6 Å². The molecule has 0 saturated heterocycles. The molecule has 3 rings (SSSR count). The number of anilines is 1. The lowest BCUT2D eigenvalue weighted by Gasteiger charge is -2.13. The van der Waals surface area contributed by atoms with E-state index >= 15 is 0 Å². The Morgan fingerprint density at radius 3 is 2.48 bits per heavy atom. The maximum absolute atomic E-state index is 13.5. The summed E-state index contributed by atoms with van der Waals surface area (Å²) in [5.41, 5.74) is 2.99. The predicted octanol–water partition coefficient (Wildman–Crippen LogP) is 4.68. The van der Waals surface area contributed by atoms with Gasteiger partial charge in [-0.3, -0.25) is 4.79 Å². The molecule has 0 fully saturated rings. The van der Waals surface area contributed by atoms with E-state index in [9.17, 15) is 9.18 Å². The SMILES string of the molecule is COc1ccc(F)cc1C(=O)Nc1ccccc1Cc1ccccc1. The molecule has 0 atom stereocenters. The van der Waals surface area contributed by atoms with Crippen LogP contribution in [-0.2, 0) is 6.42 Å². The molecule has 3 nitrogen and oxygen atoms in total. The Morgan fingerprint density at radius 2 is 1.72 bits per heavy atom. The summed E-state index contributed by atoms with van der Waals surface area (Å²) in [7, 11) is 1.45. The highest BCUT2D eigenvalue weighted by atomic mass is 19.1. The van der Waals surface area contributed by atoms with Crippen LogP contribution >= 0.6 is 0 Å². The molecule has 0 unspecified atom stereocenters. The highest BCUT2D eigenvalue weighted by Crippen LogP contribution is 2.23. The predicted molar refractivity (Wildman–Crippen MR) is 96.6 cm³/mol. The molecule has 0 heterocycles. The van der Waals surface area contributed by atoms with Gasteiger partial charge in [-0.1, -0.05) is 48.5 Å². The Kier molecular flexibility index (Phi) is 5.09. The molecule has 1 amide bonds. The van der Waals surface area contributed by atoms with Crippen molar-refractivity contribution in [2.45, 2.75) is 6.42 Å². The van der Waals surface area contributed by atoms with E-state index in [1.165, 1.54) is 25.3 Å². The molecule has 0 aliphatic carbocycles. The number of rotatable bonds is 5. The van der Waals surface area contributed by atoms with Gasteiger partial charge in [0.25, 0.3) is 5.91 Å². The first kappa shape index (κ1) is 16.7. The van der Waals surface area contributed by atoms with E-state index in [0.29, 0.717) is 17.9 Å². The molecule has 0 aliphatic heterocycles. The normalized spacial score (nSPS) is 10.3. The Morgan fingerprint density at radius 1 is 1.00 bits per heavy atom. The van der Waals surface area contributed by atoms with Crippen molar-refractivity contribution in [3.05, 3.63) is 95.3 Å². The van der Waals surface area contributed by atoms with E-state index in [4.69, 9.17) is 4.74 Å². The Bertz CT molecular complexity index is 878. The molecule has 0 spiro atoms. The molecule has 1 N–H and O–H groups in total. The Balaban J connectivity index is 1.86. The van der Waals surface area contributed by atoms with Crippen LogP contribution in [0, 0.1) is 5.82 Å². The van der Waals surface area contributed by atoms with Gasteiger partial charge in [0.1, 0.15) is 11.6 Å². The lowest BCUT2D eigenvalue weighted by Crippen LogP contribution is -2.15. The van der Waals surface area contributed by atoms with Crippen LogP contribution in [-0.4, -0.2) is 13.0 Å². The lowest BCUT2D eigenvalue weighted by molar-refractivity contribution is 0.102. The molecule has 3 aromatic rings. The average molecular weight is 335 g/mol. The van der Waals surface area contributed by atoms with Gasteiger partial charge in [0.15, 0.2) is 0 Å². The van der Waals surface area contributed by atoms with Crippen LogP contribution in [0.25, 0.3) is 0 Å². The first-order chi connectivity index (χ1) is 12.2.